The van der Waals surface area contributed by atoms with Gasteiger partial charge in [-0.1, -0.05) is 54.8 Å². The Morgan fingerprint density at radius 2 is 1.93 bits per heavy atom. The number of allylic oxidation sites excluding steroid dienone is 4. The van der Waals surface area contributed by atoms with Gasteiger partial charge in [-0.2, -0.15) is 0 Å². The number of carbonyl (C=O) groups is 1. The van der Waals surface area contributed by atoms with Crippen molar-refractivity contribution in [3.63, 3.8) is 0 Å². The van der Waals surface area contributed by atoms with Crippen molar-refractivity contribution in [2.75, 3.05) is 0 Å². The van der Waals surface area contributed by atoms with E-state index in [1.807, 2.05) is 18.7 Å². The maximum atomic E-state index is 10.7. The minimum atomic E-state index is -0.0171. The monoisotopic (exact) mass is 430 g/mol. The first kappa shape index (κ1) is 24.0. The van der Waals surface area contributed by atoms with Crippen LogP contribution >= 0.6 is 23.4 Å². The minimum absolute atomic E-state index is 0.0171. The number of rotatable bonds is 9. The maximum absolute atomic E-state index is 10.7. The van der Waals surface area contributed by atoms with Crippen LogP contribution in [0.3, 0.4) is 0 Å². The Morgan fingerprint density at radius 3 is 2.55 bits per heavy atom. The number of thioether (sulfide) groups is 1. The lowest BCUT2D eigenvalue weighted by Crippen LogP contribution is -2.27. The molecule has 0 bridgehead atoms. The van der Waals surface area contributed by atoms with Crippen LogP contribution in [0.25, 0.3) is 0 Å². The molecule has 1 aliphatic carbocycles. The lowest BCUT2D eigenvalue weighted by molar-refractivity contribution is -0.104. The van der Waals surface area contributed by atoms with Gasteiger partial charge in [0.1, 0.15) is 6.29 Å². The van der Waals surface area contributed by atoms with E-state index in [4.69, 9.17) is 11.6 Å². The Labute approximate surface area is 186 Å². The van der Waals surface area contributed by atoms with Gasteiger partial charge in [0.25, 0.3) is 0 Å². The molecule has 29 heavy (non-hydrogen) atoms. The van der Waals surface area contributed by atoms with Gasteiger partial charge in [-0.15, -0.1) is 23.4 Å². The summed E-state index contributed by atoms with van der Waals surface area (Å²) in [6, 6.07) is 10.7. The SMILES string of the molecule is CC(=CC=O)CCC(Cl)C(C)=CC(Sc1ccccc1)C1=C(C)CCCC1(C)C. The van der Waals surface area contributed by atoms with Gasteiger partial charge in [0.05, 0.1) is 5.38 Å². The summed E-state index contributed by atoms with van der Waals surface area (Å²) in [4.78, 5) is 11.9. The molecule has 2 rings (SSSR count). The zero-order chi connectivity index (χ0) is 21.4. The summed E-state index contributed by atoms with van der Waals surface area (Å²) in [6.07, 6.45) is 10.3. The van der Waals surface area contributed by atoms with Crippen molar-refractivity contribution < 1.29 is 4.79 Å². The van der Waals surface area contributed by atoms with Gasteiger partial charge in [0.15, 0.2) is 0 Å². The topological polar surface area (TPSA) is 17.1 Å². The van der Waals surface area contributed by atoms with E-state index in [2.05, 4.69) is 64.1 Å². The van der Waals surface area contributed by atoms with Gasteiger partial charge >= 0.3 is 0 Å². The van der Waals surface area contributed by atoms with E-state index in [1.54, 1.807) is 11.6 Å². The first-order valence-corrected chi connectivity index (χ1v) is 11.9. The van der Waals surface area contributed by atoms with E-state index in [9.17, 15) is 4.79 Å². The molecule has 1 aromatic rings. The van der Waals surface area contributed by atoms with E-state index in [0.29, 0.717) is 5.25 Å². The highest BCUT2D eigenvalue weighted by molar-refractivity contribution is 8.00. The summed E-state index contributed by atoms with van der Waals surface area (Å²) >= 11 is 8.69. The molecule has 0 spiro atoms. The van der Waals surface area contributed by atoms with E-state index >= 15 is 0 Å². The van der Waals surface area contributed by atoms with Crippen LogP contribution in [0.4, 0.5) is 0 Å². The van der Waals surface area contributed by atoms with E-state index in [1.165, 1.54) is 35.3 Å². The number of aldehydes is 1. The second-order valence-corrected chi connectivity index (χ2v) is 10.6. The fourth-order valence-electron chi connectivity index (χ4n) is 4.22. The molecule has 0 saturated carbocycles. The smallest absolute Gasteiger partial charge is 0.142 e. The highest BCUT2D eigenvalue weighted by Gasteiger charge is 2.33. The van der Waals surface area contributed by atoms with Crippen LogP contribution in [-0.2, 0) is 4.79 Å². The molecule has 0 radical (unpaired) electrons. The van der Waals surface area contributed by atoms with E-state index in [-0.39, 0.29) is 10.8 Å². The third-order valence-electron chi connectivity index (χ3n) is 5.89. The molecule has 158 valence electrons. The molecule has 1 aromatic carbocycles. The van der Waals surface area contributed by atoms with Crippen molar-refractivity contribution >= 4 is 29.6 Å². The lowest BCUT2D eigenvalue weighted by atomic mass is 9.71. The van der Waals surface area contributed by atoms with Gasteiger partial charge in [-0.3, -0.25) is 4.79 Å². The number of hydrogen-bond acceptors (Lipinski definition) is 2. The van der Waals surface area contributed by atoms with Crippen LogP contribution < -0.4 is 0 Å². The highest BCUT2D eigenvalue weighted by atomic mass is 35.5. The number of halogens is 1. The van der Waals surface area contributed by atoms with Crippen LogP contribution in [0, 0.1) is 5.41 Å². The number of hydrogen-bond donors (Lipinski definition) is 0. The van der Waals surface area contributed by atoms with Gasteiger partial charge in [-0.05, 0) is 82.1 Å². The first-order valence-electron chi connectivity index (χ1n) is 10.6. The molecule has 2 unspecified atom stereocenters. The first-order chi connectivity index (χ1) is 13.7. The predicted molar refractivity (Wildman–Crippen MR) is 129 cm³/mol. The Bertz CT molecular complexity index is 773. The molecule has 2 atom stereocenters. The molecule has 3 heteroatoms. The van der Waals surface area contributed by atoms with E-state index < -0.39 is 0 Å². The zero-order valence-corrected chi connectivity index (χ0v) is 20.1. The molecule has 0 heterocycles. The van der Waals surface area contributed by atoms with Gasteiger partial charge < -0.3 is 0 Å². The van der Waals surface area contributed by atoms with Crippen molar-refractivity contribution in [3.8, 4) is 0 Å². The van der Waals surface area contributed by atoms with Gasteiger partial charge in [-0.25, -0.2) is 0 Å². The van der Waals surface area contributed by atoms with Crippen molar-refractivity contribution in [3.05, 3.63) is 64.8 Å². The lowest BCUT2D eigenvalue weighted by Gasteiger charge is -2.38. The highest BCUT2D eigenvalue weighted by Crippen LogP contribution is 2.47. The van der Waals surface area contributed by atoms with Gasteiger partial charge in [0, 0.05) is 10.1 Å². The second kappa shape index (κ2) is 11.2. The zero-order valence-electron chi connectivity index (χ0n) is 18.5. The van der Waals surface area contributed by atoms with Crippen LogP contribution in [0.1, 0.15) is 66.7 Å². The maximum Gasteiger partial charge on any atom is 0.142 e. The summed E-state index contributed by atoms with van der Waals surface area (Å²) < 4.78 is 0. The molecular formula is C26H35ClOS. The molecule has 1 nitrogen and oxygen atoms in total. The predicted octanol–water partition coefficient (Wildman–Crippen LogP) is 8.15. The normalized spacial score (nSPS) is 19.8. The third kappa shape index (κ3) is 7.19. The average Bonchev–Trinajstić information content (AvgIpc) is 2.66. The molecule has 0 aromatic heterocycles. The molecule has 0 fully saturated rings. The summed E-state index contributed by atoms with van der Waals surface area (Å²) in [5.74, 6) is 0. The summed E-state index contributed by atoms with van der Waals surface area (Å²) in [5, 5.41) is 0.275. The largest absolute Gasteiger partial charge is 0.299 e. The fraction of sp³-hybridized carbons (Fsp3) is 0.500. The number of alkyl halides is 1. The molecular weight excluding hydrogens is 396 g/mol. The van der Waals surface area contributed by atoms with Crippen molar-refractivity contribution in [2.24, 2.45) is 5.41 Å². The molecule has 1 aliphatic rings. The Balaban J connectivity index is 2.30. The summed E-state index contributed by atoms with van der Waals surface area (Å²) in [7, 11) is 0. The Morgan fingerprint density at radius 1 is 1.24 bits per heavy atom. The Kier molecular flexibility index (Phi) is 9.30. The summed E-state index contributed by atoms with van der Waals surface area (Å²) in [5.41, 5.74) is 5.62. The Hall–Kier alpha value is -1.25. The van der Waals surface area contributed by atoms with Crippen molar-refractivity contribution in [2.45, 2.75) is 82.2 Å². The minimum Gasteiger partial charge on any atom is -0.299 e. The molecule has 0 amide bonds. The van der Waals surface area contributed by atoms with E-state index in [0.717, 1.165) is 24.7 Å². The molecule has 0 aliphatic heterocycles. The summed E-state index contributed by atoms with van der Waals surface area (Å²) in [6.45, 7) is 11.2. The van der Waals surface area contributed by atoms with Crippen molar-refractivity contribution in [1.29, 1.82) is 0 Å². The fourth-order valence-corrected chi connectivity index (χ4v) is 5.93. The molecule has 0 N–H and O–H groups in total. The third-order valence-corrected chi connectivity index (χ3v) is 7.62. The number of benzene rings is 1. The van der Waals surface area contributed by atoms with Gasteiger partial charge in [0.2, 0.25) is 0 Å². The quantitative estimate of drug-likeness (QED) is 0.129. The standard InChI is InChI=1S/C26H35ClOS/c1-19(15-17-28)13-14-23(27)21(3)18-24(29-22-11-7-6-8-12-22)25-20(2)10-9-16-26(25,4)5/h6-8,11-12,15,17-18,23-24H,9-10,13-14,16H2,1-5H3. The van der Waals surface area contributed by atoms with Crippen LogP contribution in [0.2, 0.25) is 0 Å². The van der Waals surface area contributed by atoms with Crippen molar-refractivity contribution in [1.82, 2.24) is 0 Å². The van der Waals surface area contributed by atoms with Crippen LogP contribution in [-0.4, -0.2) is 16.9 Å². The van der Waals surface area contributed by atoms with Crippen LogP contribution in [0.15, 0.2) is 69.7 Å². The van der Waals surface area contributed by atoms with Crippen LogP contribution in [0.5, 0.6) is 0 Å². The number of carbonyl (C=O) groups excluding carboxylic acids is 1. The second-order valence-electron chi connectivity index (χ2n) is 8.85. The molecule has 0 saturated heterocycles. The average molecular weight is 431 g/mol.